The molecule has 1 aromatic carbocycles. The Hall–Kier alpha value is -0.820. The normalized spacial score (nSPS) is 32.4. The Morgan fingerprint density at radius 3 is 2.09 bits per heavy atom. The van der Waals surface area contributed by atoms with Gasteiger partial charge in [-0.15, -0.1) is 0 Å². The van der Waals surface area contributed by atoms with E-state index in [1.165, 1.54) is 12.8 Å². The van der Waals surface area contributed by atoms with E-state index in [1.807, 2.05) is 0 Å². The summed E-state index contributed by atoms with van der Waals surface area (Å²) in [6, 6.07) is 10.4. The fourth-order valence-electron chi connectivity index (χ4n) is 2.05. The van der Waals surface area contributed by atoms with Gasteiger partial charge in [0, 0.05) is 12.1 Å². The Bertz CT molecular complexity index is 264. The Labute approximate surface area is 66.4 Å². The molecule has 1 nitrogen and oxygen atoms in total. The lowest BCUT2D eigenvalue weighted by Gasteiger charge is -2.11. The largest absolute Gasteiger partial charge is 0.307 e. The molecule has 3 rings (SSSR count). The van der Waals surface area contributed by atoms with Gasteiger partial charge in [0.25, 0.3) is 0 Å². The molecule has 0 spiro atoms. The molecule has 2 unspecified atom stereocenters. The van der Waals surface area contributed by atoms with E-state index in [2.05, 4.69) is 29.6 Å². The van der Waals surface area contributed by atoms with Gasteiger partial charge < -0.3 is 5.32 Å². The Balaban J connectivity index is 2.07. The molecule has 2 atom stereocenters. The summed E-state index contributed by atoms with van der Waals surface area (Å²) >= 11 is 0. The molecule has 1 aromatic rings. The quantitative estimate of drug-likeness (QED) is 0.543. The number of hydrogen-bond acceptors (Lipinski definition) is 1. The molecule has 0 bridgehead atoms. The van der Waals surface area contributed by atoms with Crippen LogP contribution in [0.4, 0.5) is 0 Å². The molecular weight excluding hydrogens is 134 g/mol. The summed E-state index contributed by atoms with van der Waals surface area (Å²) in [5.74, 6) is 0. The lowest BCUT2D eigenvalue weighted by molar-refractivity contribution is 0.794. The van der Waals surface area contributed by atoms with Crippen LogP contribution in [-0.4, -0.2) is 12.1 Å². The SMILES string of the molecule is c1ccc2c(c1)CC1NC1C2. The van der Waals surface area contributed by atoms with Crippen LogP contribution < -0.4 is 5.32 Å². The van der Waals surface area contributed by atoms with Crippen LogP contribution in [0.1, 0.15) is 11.1 Å². The summed E-state index contributed by atoms with van der Waals surface area (Å²) in [4.78, 5) is 0. The van der Waals surface area contributed by atoms with E-state index in [1.54, 1.807) is 11.1 Å². The van der Waals surface area contributed by atoms with Crippen molar-refractivity contribution < 1.29 is 0 Å². The maximum atomic E-state index is 3.48. The first-order valence-corrected chi connectivity index (χ1v) is 4.26. The second kappa shape index (κ2) is 1.86. The highest BCUT2D eigenvalue weighted by Crippen LogP contribution is 2.28. The molecule has 1 aliphatic carbocycles. The molecule has 0 radical (unpaired) electrons. The molecule has 1 fully saturated rings. The van der Waals surface area contributed by atoms with Crippen molar-refractivity contribution in [1.29, 1.82) is 0 Å². The zero-order chi connectivity index (χ0) is 7.26. The van der Waals surface area contributed by atoms with Gasteiger partial charge in [0.1, 0.15) is 0 Å². The molecule has 1 saturated heterocycles. The van der Waals surface area contributed by atoms with Gasteiger partial charge in [-0.1, -0.05) is 24.3 Å². The molecule has 11 heavy (non-hydrogen) atoms. The number of nitrogens with one attached hydrogen (secondary N) is 1. The minimum Gasteiger partial charge on any atom is -0.307 e. The van der Waals surface area contributed by atoms with Crippen molar-refractivity contribution in [2.75, 3.05) is 0 Å². The zero-order valence-corrected chi connectivity index (χ0v) is 6.38. The van der Waals surface area contributed by atoms with E-state index in [-0.39, 0.29) is 0 Å². The monoisotopic (exact) mass is 145 g/mol. The van der Waals surface area contributed by atoms with E-state index < -0.39 is 0 Å². The van der Waals surface area contributed by atoms with Crippen LogP contribution in [0.3, 0.4) is 0 Å². The van der Waals surface area contributed by atoms with Crippen LogP contribution in [0.15, 0.2) is 24.3 Å². The maximum Gasteiger partial charge on any atom is 0.0268 e. The average molecular weight is 145 g/mol. The minimum atomic E-state index is 0.810. The molecule has 0 amide bonds. The third kappa shape index (κ3) is 0.809. The van der Waals surface area contributed by atoms with Crippen LogP contribution in [0.25, 0.3) is 0 Å². The number of benzene rings is 1. The van der Waals surface area contributed by atoms with Gasteiger partial charge in [0.15, 0.2) is 0 Å². The van der Waals surface area contributed by atoms with E-state index in [0.29, 0.717) is 0 Å². The van der Waals surface area contributed by atoms with Crippen molar-refractivity contribution in [3.05, 3.63) is 35.4 Å². The molecule has 0 aromatic heterocycles. The molecule has 1 heterocycles. The average Bonchev–Trinajstić information content (AvgIpc) is 2.77. The molecular formula is C10H11N. The van der Waals surface area contributed by atoms with Crippen molar-refractivity contribution in [3.8, 4) is 0 Å². The van der Waals surface area contributed by atoms with Gasteiger partial charge in [-0.25, -0.2) is 0 Å². The second-order valence-electron chi connectivity index (χ2n) is 3.56. The van der Waals surface area contributed by atoms with Crippen molar-refractivity contribution in [2.45, 2.75) is 24.9 Å². The smallest absolute Gasteiger partial charge is 0.0268 e. The lowest BCUT2D eigenvalue weighted by atomic mass is 9.92. The fourth-order valence-corrected chi connectivity index (χ4v) is 2.05. The van der Waals surface area contributed by atoms with Crippen molar-refractivity contribution in [1.82, 2.24) is 5.32 Å². The number of hydrogen-bond donors (Lipinski definition) is 1. The molecule has 0 saturated carbocycles. The highest BCUT2D eigenvalue weighted by atomic mass is 15.1. The van der Waals surface area contributed by atoms with Crippen LogP contribution in [0.5, 0.6) is 0 Å². The van der Waals surface area contributed by atoms with Gasteiger partial charge in [-0.3, -0.25) is 0 Å². The highest BCUT2D eigenvalue weighted by molar-refractivity contribution is 5.35. The van der Waals surface area contributed by atoms with E-state index in [4.69, 9.17) is 0 Å². The highest BCUT2D eigenvalue weighted by Gasteiger charge is 2.39. The molecule has 1 heteroatoms. The first-order valence-electron chi connectivity index (χ1n) is 4.26. The summed E-state index contributed by atoms with van der Waals surface area (Å²) in [5.41, 5.74) is 3.11. The summed E-state index contributed by atoms with van der Waals surface area (Å²) in [6.45, 7) is 0. The topological polar surface area (TPSA) is 21.9 Å². The van der Waals surface area contributed by atoms with Gasteiger partial charge in [0.2, 0.25) is 0 Å². The maximum absolute atomic E-state index is 3.48. The van der Waals surface area contributed by atoms with Crippen molar-refractivity contribution in [2.24, 2.45) is 0 Å². The van der Waals surface area contributed by atoms with Crippen LogP contribution in [0, 0.1) is 0 Å². The van der Waals surface area contributed by atoms with E-state index >= 15 is 0 Å². The van der Waals surface area contributed by atoms with Crippen molar-refractivity contribution in [3.63, 3.8) is 0 Å². The van der Waals surface area contributed by atoms with Gasteiger partial charge in [-0.2, -0.15) is 0 Å². The van der Waals surface area contributed by atoms with Crippen molar-refractivity contribution >= 4 is 0 Å². The van der Waals surface area contributed by atoms with Crippen LogP contribution in [0.2, 0.25) is 0 Å². The lowest BCUT2D eigenvalue weighted by Crippen LogP contribution is -2.11. The summed E-state index contributed by atoms with van der Waals surface area (Å²) in [6.07, 6.45) is 2.50. The number of fused-ring (bicyclic) bond motifs is 2. The summed E-state index contributed by atoms with van der Waals surface area (Å²) in [5, 5.41) is 3.48. The van der Waals surface area contributed by atoms with Crippen LogP contribution in [-0.2, 0) is 12.8 Å². The molecule has 2 aliphatic rings. The predicted octanol–water partition coefficient (Wildman–Crippen LogP) is 1.13. The second-order valence-corrected chi connectivity index (χ2v) is 3.56. The van der Waals surface area contributed by atoms with Gasteiger partial charge in [-0.05, 0) is 24.0 Å². The Morgan fingerprint density at radius 1 is 1.00 bits per heavy atom. The van der Waals surface area contributed by atoms with Crippen LogP contribution >= 0.6 is 0 Å². The third-order valence-electron chi connectivity index (χ3n) is 2.80. The molecule has 56 valence electrons. The Kier molecular flexibility index (Phi) is 0.977. The standard InChI is InChI=1S/C10H11N/c1-2-4-8-6-10-9(11-10)5-7(8)3-1/h1-4,9-11H,5-6H2. The zero-order valence-electron chi connectivity index (χ0n) is 6.38. The third-order valence-corrected chi connectivity index (χ3v) is 2.80. The van der Waals surface area contributed by atoms with E-state index in [9.17, 15) is 0 Å². The molecule has 1 aliphatic heterocycles. The van der Waals surface area contributed by atoms with E-state index in [0.717, 1.165) is 12.1 Å². The predicted molar refractivity (Wildman–Crippen MR) is 44.6 cm³/mol. The Morgan fingerprint density at radius 2 is 1.55 bits per heavy atom. The van der Waals surface area contributed by atoms with Gasteiger partial charge >= 0.3 is 0 Å². The molecule has 1 N–H and O–H groups in total. The number of rotatable bonds is 0. The van der Waals surface area contributed by atoms with Gasteiger partial charge in [0.05, 0.1) is 0 Å². The minimum absolute atomic E-state index is 0.810. The first kappa shape index (κ1) is 5.78. The summed E-state index contributed by atoms with van der Waals surface area (Å²) in [7, 11) is 0. The first-order chi connectivity index (χ1) is 5.43. The summed E-state index contributed by atoms with van der Waals surface area (Å²) < 4.78 is 0. The fraction of sp³-hybridized carbons (Fsp3) is 0.400.